The van der Waals surface area contributed by atoms with Crippen LogP contribution < -0.4 is 5.73 Å². The first-order valence-corrected chi connectivity index (χ1v) is 5.53. The van der Waals surface area contributed by atoms with E-state index in [1.165, 1.54) is 0 Å². The van der Waals surface area contributed by atoms with Crippen molar-refractivity contribution in [3.8, 4) is 0 Å². The first-order valence-electron chi connectivity index (χ1n) is 5.53. The van der Waals surface area contributed by atoms with Crippen molar-refractivity contribution in [3.63, 3.8) is 0 Å². The van der Waals surface area contributed by atoms with Crippen molar-refractivity contribution in [2.24, 2.45) is 16.6 Å². The number of amidine groups is 1. The Bertz CT molecular complexity index is 315. The molecule has 1 aromatic carbocycles. The summed E-state index contributed by atoms with van der Waals surface area (Å²) >= 11 is 0. The van der Waals surface area contributed by atoms with E-state index in [0.717, 1.165) is 12.0 Å². The van der Waals surface area contributed by atoms with Gasteiger partial charge in [0, 0.05) is 5.56 Å². The van der Waals surface area contributed by atoms with E-state index in [9.17, 15) is 0 Å². The van der Waals surface area contributed by atoms with Gasteiger partial charge in [0.2, 0.25) is 0 Å². The standard InChI is InChI=1S/C13H20N2/c1-4-12(10(2)3)15-13(14)11-8-6-5-7-9-11/h5-10,12H,4H2,1-3H3,(H2,14,15). The SMILES string of the molecule is CCC(N=C(N)c1ccccc1)C(C)C. The summed E-state index contributed by atoms with van der Waals surface area (Å²) in [5.41, 5.74) is 6.97. The van der Waals surface area contributed by atoms with E-state index in [1.54, 1.807) is 0 Å². The van der Waals surface area contributed by atoms with Crippen molar-refractivity contribution in [2.75, 3.05) is 0 Å². The fourth-order valence-corrected chi connectivity index (χ4v) is 1.57. The first kappa shape index (κ1) is 11.8. The quantitative estimate of drug-likeness (QED) is 0.594. The Labute approximate surface area is 92.2 Å². The Kier molecular flexibility index (Phi) is 4.35. The molecule has 0 radical (unpaired) electrons. The van der Waals surface area contributed by atoms with E-state index in [1.807, 2.05) is 30.3 Å². The molecule has 15 heavy (non-hydrogen) atoms. The summed E-state index contributed by atoms with van der Waals surface area (Å²) in [6.45, 7) is 6.50. The van der Waals surface area contributed by atoms with Crippen LogP contribution in [0.3, 0.4) is 0 Å². The highest BCUT2D eigenvalue weighted by Gasteiger charge is 2.10. The number of benzene rings is 1. The van der Waals surface area contributed by atoms with Crippen LogP contribution in [-0.4, -0.2) is 11.9 Å². The van der Waals surface area contributed by atoms with Gasteiger partial charge in [0.05, 0.1) is 6.04 Å². The highest BCUT2D eigenvalue weighted by atomic mass is 14.9. The topological polar surface area (TPSA) is 38.4 Å². The van der Waals surface area contributed by atoms with Gasteiger partial charge in [-0.2, -0.15) is 0 Å². The molecule has 2 nitrogen and oxygen atoms in total. The van der Waals surface area contributed by atoms with Gasteiger partial charge in [0.15, 0.2) is 0 Å². The van der Waals surface area contributed by atoms with Gasteiger partial charge in [0.1, 0.15) is 5.84 Å². The summed E-state index contributed by atoms with van der Waals surface area (Å²) in [5.74, 6) is 1.19. The summed E-state index contributed by atoms with van der Waals surface area (Å²) in [6.07, 6.45) is 1.03. The largest absolute Gasteiger partial charge is 0.383 e. The highest BCUT2D eigenvalue weighted by Crippen LogP contribution is 2.11. The van der Waals surface area contributed by atoms with E-state index in [2.05, 4.69) is 25.8 Å². The monoisotopic (exact) mass is 204 g/mol. The molecule has 1 unspecified atom stereocenters. The van der Waals surface area contributed by atoms with Crippen LogP contribution in [-0.2, 0) is 0 Å². The molecule has 2 heteroatoms. The van der Waals surface area contributed by atoms with Crippen LogP contribution in [0.4, 0.5) is 0 Å². The van der Waals surface area contributed by atoms with Crippen LogP contribution >= 0.6 is 0 Å². The van der Waals surface area contributed by atoms with Gasteiger partial charge in [-0.05, 0) is 12.3 Å². The maximum absolute atomic E-state index is 5.96. The zero-order valence-corrected chi connectivity index (χ0v) is 9.77. The zero-order valence-electron chi connectivity index (χ0n) is 9.77. The Morgan fingerprint density at radius 2 is 1.87 bits per heavy atom. The summed E-state index contributed by atoms with van der Waals surface area (Å²) in [7, 11) is 0. The van der Waals surface area contributed by atoms with Crippen molar-refractivity contribution in [2.45, 2.75) is 33.2 Å². The molecule has 1 atom stereocenters. The smallest absolute Gasteiger partial charge is 0.125 e. The molecule has 0 bridgehead atoms. The van der Waals surface area contributed by atoms with Crippen molar-refractivity contribution < 1.29 is 0 Å². The lowest BCUT2D eigenvalue weighted by atomic mass is 10.0. The zero-order chi connectivity index (χ0) is 11.3. The normalized spacial score (nSPS) is 14.3. The molecular formula is C13H20N2. The molecule has 0 heterocycles. The van der Waals surface area contributed by atoms with Gasteiger partial charge in [0.25, 0.3) is 0 Å². The minimum atomic E-state index is 0.324. The third kappa shape index (κ3) is 3.39. The molecule has 1 aromatic rings. The van der Waals surface area contributed by atoms with Gasteiger partial charge < -0.3 is 5.73 Å². The Hall–Kier alpha value is -1.31. The van der Waals surface area contributed by atoms with Gasteiger partial charge in [-0.25, -0.2) is 0 Å². The second-order valence-corrected chi connectivity index (χ2v) is 4.10. The average molecular weight is 204 g/mol. The number of hydrogen-bond acceptors (Lipinski definition) is 1. The molecule has 0 fully saturated rings. The van der Waals surface area contributed by atoms with Gasteiger partial charge in [-0.1, -0.05) is 51.1 Å². The van der Waals surface area contributed by atoms with Gasteiger partial charge in [-0.3, -0.25) is 4.99 Å². The number of aliphatic imine (C=N–C) groups is 1. The van der Waals surface area contributed by atoms with E-state index in [4.69, 9.17) is 5.73 Å². The Balaban J connectivity index is 2.83. The number of nitrogens with zero attached hydrogens (tertiary/aromatic N) is 1. The minimum absolute atomic E-state index is 0.324. The highest BCUT2D eigenvalue weighted by molar-refractivity contribution is 5.97. The maximum atomic E-state index is 5.96. The fraction of sp³-hybridized carbons (Fsp3) is 0.462. The summed E-state index contributed by atoms with van der Waals surface area (Å²) in [6, 6.07) is 10.3. The molecule has 0 saturated carbocycles. The molecule has 82 valence electrons. The molecule has 0 saturated heterocycles. The lowest BCUT2D eigenvalue weighted by molar-refractivity contribution is 0.483. The molecule has 0 amide bonds. The second kappa shape index (κ2) is 5.54. The summed E-state index contributed by atoms with van der Waals surface area (Å²) in [5, 5.41) is 0. The van der Waals surface area contributed by atoms with E-state index >= 15 is 0 Å². The van der Waals surface area contributed by atoms with Crippen LogP contribution in [0.15, 0.2) is 35.3 Å². The van der Waals surface area contributed by atoms with Gasteiger partial charge >= 0.3 is 0 Å². The van der Waals surface area contributed by atoms with Crippen molar-refractivity contribution in [1.29, 1.82) is 0 Å². The molecule has 0 aromatic heterocycles. The lowest BCUT2D eigenvalue weighted by Crippen LogP contribution is -2.20. The fourth-order valence-electron chi connectivity index (χ4n) is 1.57. The van der Waals surface area contributed by atoms with E-state index in [0.29, 0.717) is 17.8 Å². The summed E-state index contributed by atoms with van der Waals surface area (Å²) < 4.78 is 0. The van der Waals surface area contributed by atoms with E-state index in [-0.39, 0.29) is 0 Å². The molecule has 2 N–H and O–H groups in total. The number of nitrogens with two attached hydrogens (primary N) is 1. The van der Waals surface area contributed by atoms with Crippen molar-refractivity contribution in [3.05, 3.63) is 35.9 Å². The van der Waals surface area contributed by atoms with Crippen molar-refractivity contribution in [1.82, 2.24) is 0 Å². The molecular weight excluding hydrogens is 184 g/mol. The van der Waals surface area contributed by atoms with Crippen molar-refractivity contribution >= 4 is 5.84 Å². The number of hydrogen-bond donors (Lipinski definition) is 1. The predicted octanol–water partition coefficient (Wildman–Crippen LogP) is 2.83. The van der Waals surface area contributed by atoms with Crippen LogP contribution in [0.25, 0.3) is 0 Å². The third-order valence-corrected chi connectivity index (χ3v) is 2.56. The predicted molar refractivity (Wildman–Crippen MR) is 66.1 cm³/mol. The van der Waals surface area contributed by atoms with Crippen LogP contribution in [0.1, 0.15) is 32.8 Å². The third-order valence-electron chi connectivity index (χ3n) is 2.56. The summed E-state index contributed by atoms with van der Waals surface area (Å²) in [4.78, 5) is 4.56. The van der Waals surface area contributed by atoms with Crippen LogP contribution in [0.5, 0.6) is 0 Å². The number of rotatable bonds is 4. The molecule has 0 spiro atoms. The van der Waals surface area contributed by atoms with E-state index < -0.39 is 0 Å². The minimum Gasteiger partial charge on any atom is -0.383 e. The second-order valence-electron chi connectivity index (χ2n) is 4.10. The molecule has 0 aliphatic rings. The van der Waals surface area contributed by atoms with Crippen LogP contribution in [0, 0.1) is 5.92 Å². The van der Waals surface area contributed by atoms with Crippen LogP contribution in [0.2, 0.25) is 0 Å². The first-order chi connectivity index (χ1) is 7.15. The molecule has 0 aliphatic carbocycles. The Morgan fingerprint density at radius 1 is 1.27 bits per heavy atom. The van der Waals surface area contributed by atoms with Gasteiger partial charge in [-0.15, -0.1) is 0 Å². The average Bonchev–Trinajstić information content (AvgIpc) is 2.26. The molecule has 1 rings (SSSR count). The lowest BCUT2D eigenvalue weighted by Gasteiger charge is -2.15. The Morgan fingerprint density at radius 3 is 2.33 bits per heavy atom. The maximum Gasteiger partial charge on any atom is 0.125 e. The molecule has 0 aliphatic heterocycles.